The van der Waals surface area contributed by atoms with E-state index in [1.807, 2.05) is 19.9 Å². The van der Waals surface area contributed by atoms with E-state index in [-0.39, 0.29) is 50.6 Å². The Labute approximate surface area is 333 Å². The number of amides is 3. The number of aromatic amines is 1. The van der Waals surface area contributed by atoms with Crippen LogP contribution in [0.5, 0.6) is 0 Å². The number of ether oxygens (including phenoxy) is 2. The fraction of sp³-hybridized carbons (Fsp3) is 0.238. The predicted molar refractivity (Wildman–Crippen MR) is 211 cm³/mol. The molecule has 0 fully saturated rings. The Morgan fingerprint density at radius 1 is 0.897 bits per heavy atom. The van der Waals surface area contributed by atoms with E-state index in [4.69, 9.17) is 14.7 Å². The van der Waals surface area contributed by atoms with Gasteiger partial charge in [0.25, 0.3) is 0 Å². The molecule has 0 unspecified atom stereocenters. The zero-order valence-corrected chi connectivity index (χ0v) is 31.8. The second-order valence-electron chi connectivity index (χ2n) is 13.5. The number of allylic oxidation sites excluding steroid dienone is 2. The number of carbonyl (C=O) groups excluding carboxylic acids is 4. The summed E-state index contributed by atoms with van der Waals surface area (Å²) in [4.78, 5) is 53.7. The summed E-state index contributed by atoms with van der Waals surface area (Å²) in [6.07, 6.45) is 4.12. The number of nitriles is 1. The van der Waals surface area contributed by atoms with Gasteiger partial charge in [0.2, 0.25) is 11.8 Å². The highest BCUT2D eigenvalue weighted by molar-refractivity contribution is 6.35. The summed E-state index contributed by atoms with van der Waals surface area (Å²) in [6, 6.07) is 21.5. The number of anilines is 1. The van der Waals surface area contributed by atoms with Gasteiger partial charge in [-0.2, -0.15) is 5.26 Å². The van der Waals surface area contributed by atoms with Gasteiger partial charge in [-0.3, -0.25) is 9.59 Å². The lowest BCUT2D eigenvalue weighted by Gasteiger charge is -2.17. The number of esters is 1. The molecular formula is C42H41BF3N6O6. The number of H-pyrrole nitrogens is 1. The molecule has 1 radical (unpaired) electrons. The van der Waals surface area contributed by atoms with Crippen LogP contribution in [0.25, 0.3) is 6.08 Å². The Morgan fingerprint density at radius 2 is 1.57 bits per heavy atom. The molecule has 5 rings (SSSR count). The van der Waals surface area contributed by atoms with Crippen LogP contribution in [-0.4, -0.2) is 59.1 Å². The molecule has 16 heteroatoms. The minimum absolute atomic E-state index is 0.00452. The molecule has 0 aliphatic carbocycles. The summed E-state index contributed by atoms with van der Waals surface area (Å²) in [6.45, 7) is 3.28. The largest absolute Gasteiger partial charge is 0.609 e. The second-order valence-corrected chi connectivity index (χ2v) is 13.5. The Balaban J connectivity index is 1.08. The fourth-order valence-corrected chi connectivity index (χ4v) is 6.08. The van der Waals surface area contributed by atoms with Crippen LogP contribution in [0.4, 0.5) is 23.5 Å². The van der Waals surface area contributed by atoms with Gasteiger partial charge in [-0.05, 0) is 72.0 Å². The molecule has 299 valence electrons. The van der Waals surface area contributed by atoms with Gasteiger partial charge in [-0.1, -0.05) is 48.5 Å². The van der Waals surface area contributed by atoms with Gasteiger partial charge in [-0.25, -0.2) is 14.0 Å². The Hall–Kier alpha value is -6.89. The average molecular weight is 794 g/mol. The first-order chi connectivity index (χ1) is 27.9. The molecule has 0 saturated heterocycles. The lowest BCUT2D eigenvalue weighted by Crippen LogP contribution is -2.43. The van der Waals surface area contributed by atoms with Gasteiger partial charge >= 0.3 is 19.5 Å². The van der Waals surface area contributed by atoms with Gasteiger partial charge < -0.3 is 43.5 Å². The van der Waals surface area contributed by atoms with E-state index < -0.39 is 37.9 Å². The number of benzene rings is 3. The third-order valence-corrected chi connectivity index (χ3v) is 9.01. The number of alkyl carbamates (subject to hydrolysis) is 1. The van der Waals surface area contributed by atoms with Crippen molar-refractivity contribution in [2.24, 2.45) is 0 Å². The van der Waals surface area contributed by atoms with Crippen LogP contribution in [0.1, 0.15) is 52.0 Å². The minimum atomic E-state index is -2.78. The van der Waals surface area contributed by atoms with Crippen LogP contribution >= 0.6 is 0 Å². The van der Waals surface area contributed by atoms with E-state index in [0.717, 1.165) is 27.0 Å². The molecule has 0 bridgehead atoms. The fourth-order valence-electron chi connectivity index (χ4n) is 6.08. The minimum Gasteiger partial charge on any atom is -0.449 e. The van der Waals surface area contributed by atoms with Crippen LogP contribution in [-0.2, 0) is 49.9 Å². The number of carbonyl (C=O) groups is 4. The molecule has 12 nitrogen and oxygen atoms in total. The first-order valence-electron chi connectivity index (χ1n) is 18.3. The second kappa shape index (κ2) is 20.3. The number of rotatable bonds is 17. The SMILES string of the molecule is Cc1cc(C)c(/C=C2/C=CC(CCC(=O)NCc3ccc(C[C@H](NC(=O)OCc4ccc(NC(=O)Cc5ccc(F)cc5)cc4)C(=O)OCC#N)cc3)=[N+]2[B-](F)F)[nH]1. The van der Waals surface area contributed by atoms with Crippen molar-refractivity contribution in [3.63, 3.8) is 0 Å². The van der Waals surface area contributed by atoms with E-state index in [0.29, 0.717) is 33.8 Å². The molecule has 1 aliphatic rings. The predicted octanol–water partition coefficient (Wildman–Crippen LogP) is 6.24. The zero-order valence-electron chi connectivity index (χ0n) is 31.8. The number of hydrogen-bond acceptors (Lipinski definition) is 7. The maximum absolute atomic E-state index is 14.0. The van der Waals surface area contributed by atoms with Gasteiger partial charge in [-0.15, -0.1) is 0 Å². The van der Waals surface area contributed by atoms with Gasteiger partial charge in [0.05, 0.1) is 6.42 Å². The molecule has 4 aromatic rings. The van der Waals surface area contributed by atoms with E-state index in [2.05, 4.69) is 20.9 Å². The van der Waals surface area contributed by atoms with Crippen molar-refractivity contribution in [1.82, 2.24) is 15.6 Å². The molecule has 0 spiro atoms. The number of nitrogens with zero attached hydrogens (tertiary/aromatic N) is 2. The summed E-state index contributed by atoms with van der Waals surface area (Å²) in [5, 5.41) is 16.9. The zero-order chi connectivity index (χ0) is 41.6. The van der Waals surface area contributed by atoms with Crippen molar-refractivity contribution in [2.75, 3.05) is 11.9 Å². The molecule has 0 saturated carbocycles. The molecular weight excluding hydrogens is 752 g/mol. The highest BCUT2D eigenvalue weighted by atomic mass is 19.2. The van der Waals surface area contributed by atoms with Crippen molar-refractivity contribution in [3.05, 3.63) is 142 Å². The van der Waals surface area contributed by atoms with Gasteiger partial charge in [0.15, 0.2) is 12.3 Å². The third-order valence-electron chi connectivity index (χ3n) is 9.01. The number of aryl methyl sites for hydroxylation is 2. The van der Waals surface area contributed by atoms with Gasteiger partial charge in [0.1, 0.15) is 30.2 Å². The van der Waals surface area contributed by atoms with Crippen LogP contribution in [0.3, 0.4) is 0 Å². The quantitative estimate of drug-likeness (QED) is 0.0726. The summed E-state index contributed by atoms with van der Waals surface area (Å²) in [7, 11) is -2.78. The summed E-state index contributed by atoms with van der Waals surface area (Å²) in [5.41, 5.74) is 6.39. The van der Waals surface area contributed by atoms with Crippen LogP contribution < -0.4 is 16.0 Å². The van der Waals surface area contributed by atoms with Crippen molar-refractivity contribution in [1.29, 1.82) is 5.26 Å². The van der Waals surface area contributed by atoms with Gasteiger partial charge in [0, 0.05) is 61.1 Å². The maximum atomic E-state index is 14.0. The smallest absolute Gasteiger partial charge is 0.449 e. The molecule has 58 heavy (non-hydrogen) atoms. The van der Waals surface area contributed by atoms with E-state index in [1.165, 1.54) is 24.3 Å². The lowest BCUT2D eigenvalue weighted by atomic mass is 10.0. The Morgan fingerprint density at radius 3 is 2.22 bits per heavy atom. The van der Waals surface area contributed by atoms with Crippen LogP contribution in [0.2, 0.25) is 0 Å². The third kappa shape index (κ3) is 12.6. The molecule has 1 aliphatic heterocycles. The number of nitrogens with one attached hydrogen (secondary N) is 4. The highest BCUT2D eigenvalue weighted by Gasteiger charge is 2.27. The van der Waals surface area contributed by atoms with Crippen molar-refractivity contribution < 1.29 is 46.2 Å². The first kappa shape index (κ1) is 42.3. The van der Waals surface area contributed by atoms with Crippen LogP contribution in [0.15, 0.2) is 96.7 Å². The summed E-state index contributed by atoms with van der Waals surface area (Å²) in [5.74, 6) is -1.84. The molecule has 3 amide bonds. The Kier molecular flexibility index (Phi) is 14.8. The summed E-state index contributed by atoms with van der Waals surface area (Å²) >= 11 is 0. The van der Waals surface area contributed by atoms with E-state index in [1.54, 1.807) is 72.8 Å². The average Bonchev–Trinajstić information content (AvgIpc) is 3.76. The molecule has 1 aromatic heterocycles. The number of aromatic nitrogens is 1. The molecule has 3 aromatic carbocycles. The summed E-state index contributed by atoms with van der Waals surface area (Å²) < 4.78 is 52.4. The van der Waals surface area contributed by atoms with E-state index in [9.17, 15) is 32.2 Å². The topological polar surface area (TPSA) is 165 Å². The van der Waals surface area contributed by atoms with E-state index >= 15 is 0 Å². The molecule has 1 atom stereocenters. The number of halogens is 3. The van der Waals surface area contributed by atoms with Crippen molar-refractivity contribution in [3.8, 4) is 6.07 Å². The molecule has 2 heterocycles. The monoisotopic (exact) mass is 793 g/mol. The van der Waals surface area contributed by atoms with Crippen LogP contribution in [0, 0.1) is 31.0 Å². The Bertz CT molecular complexity index is 2250. The van der Waals surface area contributed by atoms with Crippen molar-refractivity contribution >= 4 is 48.8 Å². The van der Waals surface area contributed by atoms with Crippen molar-refractivity contribution in [2.45, 2.75) is 58.7 Å². The highest BCUT2D eigenvalue weighted by Crippen LogP contribution is 2.21. The normalized spacial score (nSPS) is 13.3. The standard InChI is InChI=1S/C42H40BF3N6O6/c1-27-21-28(2)49-37(27)24-36-16-15-35(52(36)43(45)46)17-18-39(53)48-25-31-5-3-29(4-6-31)22-38(41(55)57-20-19-47)51-42(56)58-26-32-9-13-34(14-10-32)50-40(54)23-30-7-11-33(44)12-8-30/h3-16,21,24,38,49H,17-18,20,22-23,25-26H2,1-2H3,(H2-,48,50,51,53,54,56)/q-1/p+1/b36-24-/t38-/m0/s1. The maximum Gasteiger partial charge on any atom is 0.609 e. The first-order valence-corrected chi connectivity index (χ1v) is 18.3. The molecule has 4 N–H and O–H groups in total. The number of hydrogen-bond donors (Lipinski definition) is 4. The lowest BCUT2D eigenvalue weighted by molar-refractivity contribution is -0.342.